The monoisotopic (exact) mass is 260 g/mol. The minimum atomic E-state index is -0.378. The molecule has 0 saturated heterocycles. The Hall–Kier alpha value is -2.37. The minimum absolute atomic E-state index is 0.0874. The second-order valence-electron chi connectivity index (χ2n) is 4.54. The van der Waals surface area contributed by atoms with Crippen molar-refractivity contribution in [1.29, 1.82) is 0 Å². The number of hydrogen-bond donors (Lipinski definition) is 2. The smallest absolute Gasteiger partial charge is 0.292 e. The van der Waals surface area contributed by atoms with E-state index in [9.17, 15) is 10.1 Å². The van der Waals surface area contributed by atoms with Crippen LogP contribution < -0.4 is 5.32 Å². The van der Waals surface area contributed by atoms with Crippen molar-refractivity contribution in [2.45, 2.75) is 27.3 Å². The van der Waals surface area contributed by atoms with Crippen LogP contribution in [0.4, 0.5) is 11.4 Å². The van der Waals surface area contributed by atoms with Gasteiger partial charge in [0.2, 0.25) is 0 Å². The van der Waals surface area contributed by atoms with E-state index in [0.717, 1.165) is 22.5 Å². The van der Waals surface area contributed by atoms with Gasteiger partial charge in [0.1, 0.15) is 5.69 Å². The van der Waals surface area contributed by atoms with E-state index >= 15 is 0 Å². The fourth-order valence-corrected chi connectivity index (χ4v) is 1.97. The highest BCUT2D eigenvalue weighted by Gasteiger charge is 2.14. The van der Waals surface area contributed by atoms with Crippen molar-refractivity contribution in [3.05, 3.63) is 50.8 Å². The first-order valence-corrected chi connectivity index (χ1v) is 5.98. The lowest BCUT2D eigenvalue weighted by molar-refractivity contribution is -0.384. The number of rotatable bonds is 4. The van der Waals surface area contributed by atoms with Gasteiger partial charge in [-0.2, -0.15) is 5.10 Å². The molecule has 100 valence electrons. The molecule has 0 amide bonds. The minimum Gasteiger partial charge on any atom is -0.375 e. The molecule has 6 heteroatoms. The predicted molar refractivity (Wildman–Crippen MR) is 73.2 cm³/mol. The van der Waals surface area contributed by atoms with Crippen LogP contribution in [0.3, 0.4) is 0 Å². The Labute approximate surface area is 111 Å². The zero-order valence-electron chi connectivity index (χ0n) is 11.2. The van der Waals surface area contributed by atoms with Crippen molar-refractivity contribution in [1.82, 2.24) is 10.2 Å². The van der Waals surface area contributed by atoms with Crippen LogP contribution in [0.5, 0.6) is 0 Å². The Bertz CT molecular complexity index is 600. The van der Waals surface area contributed by atoms with Crippen LogP contribution in [0, 0.1) is 30.9 Å². The molecule has 0 bridgehead atoms. The van der Waals surface area contributed by atoms with Gasteiger partial charge < -0.3 is 5.32 Å². The van der Waals surface area contributed by atoms with Crippen molar-refractivity contribution in [2.75, 3.05) is 5.32 Å². The molecule has 0 spiro atoms. The number of aromatic amines is 1. The lowest BCUT2D eigenvalue weighted by Crippen LogP contribution is -2.04. The SMILES string of the molecule is Cc1ccc([N+](=O)[O-])c(NCc2c(C)n[nH]c2C)c1. The van der Waals surface area contributed by atoms with Gasteiger partial charge in [0.15, 0.2) is 0 Å². The van der Waals surface area contributed by atoms with Crippen molar-refractivity contribution in [3.8, 4) is 0 Å². The summed E-state index contributed by atoms with van der Waals surface area (Å²) in [4.78, 5) is 10.6. The van der Waals surface area contributed by atoms with Crippen molar-refractivity contribution in [3.63, 3.8) is 0 Å². The van der Waals surface area contributed by atoms with E-state index in [2.05, 4.69) is 15.5 Å². The maximum absolute atomic E-state index is 11.0. The Kier molecular flexibility index (Phi) is 3.50. The Balaban J connectivity index is 2.24. The topological polar surface area (TPSA) is 83.8 Å². The van der Waals surface area contributed by atoms with Crippen LogP contribution in [0.2, 0.25) is 0 Å². The van der Waals surface area contributed by atoms with Crippen LogP contribution in [0.1, 0.15) is 22.5 Å². The number of anilines is 1. The summed E-state index contributed by atoms with van der Waals surface area (Å²) in [6.07, 6.45) is 0. The van der Waals surface area contributed by atoms with E-state index in [0.29, 0.717) is 12.2 Å². The van der Waals surface area contributed by atoms with Crippen LogP contribution in [-0.2, 0) is 6.54 Å². The zero-order chi connectivity index (χ0) is 14.0. The summed E-state index contributed by atoms with van der Waals surface area (Å²) in [6.45, 7) is 6.26. The van der Waals surface area contributed by atoms with Crippen LogP contribution in [0.15, 0.2) is 18.2 Å². The summed E-state index contributed by atoms with van der Waals surface area (Å²) in [5.41, 5.74) is 4.51. The molecule has 2 aromatic rings. The highest BCUT2D eigenvalue weighted by Crippen LogP contribution is 2.26. The summed E-state index contributed by atoms with van der Waals surface area (Å²) >= 11 is 0. The number of aryl methyl sites for hydroxylation is 3. The molecule has 0 fully saturated rings. The predicted octanol–water partition coefficient (Wildman–Crippen LogP) is 2.86. The van der Waals surface area contributed by atoms with E-state index in [4.69, 9.17) is 0 Å². The first-order chi connectivity index (χ1) is 8.99. The van der Waals surface area contributed by atoms with E-state index in [1.54, 1.807) is 12.1 Å². The quantitative estimate of drug-likeness (QED) is 0.654. The molecule has 0 radical (unpaired) electrons. The summed E-state index contributed by atoms with van der Waals surface area (Å²) < 4.78 is 0. The number of nitro groups is 1. The summed E-state index contributed by atoms with van der Waals surface area (Å²) in [6, 6.07) is 5.04. The van der Waals surface area contributed by atoms with E-state index in [1.807, 2.05) is 20.8 Å². The average Bonchev–Trinajstić information content (AvgIpc) is 2.66. The summed E-state index contributed by atoms with van der Waals surface area (Å²) in [5, 5.41) is 21.1. The van der Waals surface area contributed by atoms with Crippen LogP contribution in [-0.4, -0.2) is 15.1 Å². The molecule has 6 nitrogen and oxygen atoms in total. The third kappa shape index (κ3) is 2.73. The molecule has 0 saturated carbocycles. The summed E-state index contributed by atoms with van der Waals surface area (Å²) in [7, 11) is 0. The fraction of sp³-hybridized carbons (Fsp3) is 0.308. The Morgan fingerprint density at radius 2 is 2.11 bits per heavy atom. The molecule has 1 aromatic carbocycles. The molecule has 0 aliphatic carbocycles. The van der Waals surface area contributed by atoms with E-state index in [1.165, 1.54) is 6.07 Å². The first kappa shape index (κ1) is 13.1. The normalized spacial score (nSPS) is 10.5. The number of nitrogens with zero attached hydrogens (tertiary/aromatic N) is 2. The third-order valence-electron chi connectivity index (χ3n) is 3.09. The van der Waals surface area contributed by atoms with Gasteiger partial charge in [0.25, 0.3) is 5.69 Å². The molecule has 1 aromatic heterocycles. The molecular formula is C13H16N4O2. The van der Waals surface area contributed by atoms with E-state index < -0.39 is 0 Å². The number of benzene rings is 1. The van der Waals surface area contributed by atoms with Crippen molar-refractivity contribution < 1.29 is 4.92 Å². The molecule has 0 unspecified atom stereocenters. The number of H-pyrrole nitrogens is 1. The maximum Gasteiger partial charge on any atom is 0.292 e. The lowest BCUT2D eigenvalue weighted by atomic mass is 10.1. The molecule has 0 aliphatic rings. The van der Waals surface area contributed by atoms with Crippen molar-refractivity contribution in [2.24, 2.45) is 0 Å². The van der Waals surface area contributed by atoms with Gasteiger partial charge in [-0.3, -0.25) is 15.2 Å². The highest BCUT2D eigenvalue weighted by molar-refractivity contribution is 5.62. The fourth-order valence-electron chi connectivity index (χ4n) is 1.97. The van der Waals surface area contributed by atoms with Gasteiger partial charge in [-0.1, -0.05) is 6.07 Å². The van der Waals surface area contributed by atoms with E-state index in [-0.39, 0.29) is 10.6 Å². The summed E-state index contributed by atoms with van der Waals surface area (Å²) in [5.74, 6) is 0. The average molecular weight is 260 g/mol. The molecule has 1 heterocycles. The number of nitrogens with one attached hydrogen (secondary N) is 2. The maximum atomic E-state index is 11.0. The van der Waals surface area contributed by atoms with Gasteiger partial charge in [-0.15, -0.1) is 0 Å². The number of aromatic nitrogens is 2. The standard InChI is InChI=1S/C13H16N4O2/c1-8-4-5-13(17(18)19)12(6-8)14-7-11-9(2)15-16-10(11)3/h4-6,14H,7H2,1-3H3,(H,15,16). The van der Waals surface area contributed by atoms with Gasteiger partial charge in [0, 0.05) is 23.9 Å². The first-order valence-electron chi connectivity index (χ1n) is 5.98. The van der Waals surface area contributed by atoms with Gasteiger partial charge in [0.05, 0.1) is 10.6 Å². The van der Waals surface area contributed by atoms with Gasteiger partial charge in [-0.05, 0) is 32.4 Å². The molecule has 2 N–H and O–H groups in total. The molecular weight excluding hydrogens is 244 g/mol. The van der Waals surface area contributed by atoms with Crippen LogP contribution >= 0.6 is 0 Å². The number of hydrogen-bond acceptors (Lipinski definition) is 4. The zero-order valence-corrected chi connectivity index (χ0v) is 11.2. The Morgan fingerprint density at radius 1 is 1.37 bits per heavy atom. The largest absolute Gasteiger partial charge is 0.375 e. The molecule has 0 aliphatic heterocycles. The van der Waals surface area contributed by atoms with Crippen LogP contribution in [0.25, 0.3) is 0 Å². The molecule has 0 atom stereocenters. The van der Waals surface area contributed by atoms with Gasteiger partial charge >= 0.3 is 0 Å². The lowest BCUT2D eigenvalue weighted by Gasteiger charge is -2.08. The Morgan fingerprint density at radius 3 is 2.68 bits per heavy atom. The van der Waals surface area contributed by atoms with Gasteiger partial charge in [-0.25, -0.2) is 0 Å². The van der Waals surface area contributed by atoms with Crippen molar-refractivity contribution >= 4 is 11.4 Å². The highest BCUT2D eigenvalue weighted by atomic mass is 16.6. The number of nitro benzene ring substituents is 1. The second kappa shape index (κ2) is 5.09. The third-order valence-corrected chi connectivity index (χ3v) is 3.09. The molecule has 19 heavy (non-hydrogen) atoms. The molecule has 2 rings (SSSR count). The second-order valence-corrected chi connectivity index (χ2v) is 4.54.